The standard InChI is InChI=1S/C19H25N3O3/c23-17-4-2-1-3-16(17)22-19-15(13-20-22)14(5-6-18(19)24)7-8-21-9-11-25-12-10-21/h1-6,14-15,20,23-24H,7-13H2. The fraction of sp³-hybridized carbons (Fsp3) is 0.474. The summed E-state index contributed by atoms with van der Waals surface area (Å²) in [5, 5.41) is 22.4. The molecule has 0 saturated carbocycles. The number of ether oxygens (including phenoxy) is 1. The van der Waals surface area contributed by atoms with Gasteiger partial charge in [-0.3, -0.25) is 9.91 Å². The Hall–Kier alpha value is -2.02. The first-order chi connectivity index (χ1) is 12.2. The van der Waals surface area contributed by atoms with E-state index >= 15 is 0 Å². The van der Waals surface area contributed by atoms with Gasteiger partial charge >= 0.3 is 0 Å². The molecule has 2 heterocycles. The lowest BCUT2D eigenvalue weighted by atomic mass is 9.83. The summed E-state index contributed by atoms with van der Waals surface area (Å²) in [5.41, 5.74) is 4.87. The molecule has 2 atom stereocenters. The van der Waals surface area contributed by atoms with Crippen LogP contribution in [0, 0.1) is 11.8 Å². The van der Waals surface area contributed by atoms with Crippen LogP contribution >= 0.6 is 0 Å². The third-order valence-electron chi connectivity index (χ3n) is 5.35. The molecule has 2 unspecified atom stereocenters. The van der Waals surface area contributed by atoms with Gasteiger partial charge in [0, 0.05) is 25.6 Å². The quantitative estimate of drug-likeness (QED) is 0.777. The van der Waals surface area contributed by atoms with Gasteiger partial charge in [-0.2, -0.15) is 0 Å². The van der Waals surface area contributed by atoms with Crippen LogP contribution in [-0.2, 0) is 4.74 Å². The SMILES string of the molecule is OC1=C2C(CNN2c2ccccc2O)C(CCN2CCOCC2)C=C1. The van der Waals surface area contributed by atoms with E-state index in [4.69, 9.17) is 4.74 Å². The summed E-state index contributed by atoms with van der Waals surface area (Å²) >= 11 is 0. The van der Waals surface area contributed by atoms with Crippen molar-refractivity contribution in [2.45, 2.75) is 6.42 Å². The molecule has 3 aliphatic rings. The van der Waals surface area contributed by atoms with Crippen molar-refractivity contribution < 1.29 is 14.9 Å². The van der Waals surface area contributed by atoms with E-state index in [9.17, 15) is 10.2 Å². The molecule has 0 bridgehead atoms. The molecule has 0 spiro atoms. The molecule has 1 aliphatic carbocycles. The summed E-state index contributed by atoms with van der Waals surface area (Å²) in [6, 6.07) is 7.20. The van der Waals surface area contributed by atoms with Gasteiger partial charge in [0.05, 0.1) is 24.6 Å². The second kappa shape index (κ2) is 7.07. The number of aliphatic hydroxyl groups excluding tert-OH is 1. The molecule has 4 rings (SSSR count). The Balaban J connectivity index is 1.49. The number of benzene rings is 1. The highest BCUT2D eigenvalue weighted by Crippen LogP contribution is 2.40. The Morgan fingerprint density at radius 2 is 1.96 bits per heavy atom. The minimum Gasteiger partial charge on any atom is -0.506 e. The van der Waals surface area contributed by atoms with E-state index in [1.165, 1.54) is 0 Å². The van der Waals surface area contributed by atoms with Crippen molar-refractivity contribution in [2.75, 3.05) is 44.4 Å². The van der Waals surface area contributed by atoms with Gasteiger partial charge in [0.2, 0.25) is 0 Å². The number of para-hydroxylation sites is 2. The number of phenolic OH excluding ortho intramolecular Hbond substituents is 1. The van der Waals surface area contributed by atoms with Gasteiger partial charge < -0.3 is 14.9 Å². The molecule has 0 aromatic heterocycles. The van der Waals surface area contributed by atoms with Crippen LogP contribution < -0.4 is 10.4 Å². The first-order valence-corrected chi connectivity index (χ1v) is 8.97. The monoisotopic (exact) mass is 343 g/mol. The van der Waals surface area contributed by atoms with Gasteiger partial charge in [-0.1, -0.05) is 18.2 Å². The number of nitrogens with one attached hydrogen (secondary N) is 1. The van der Waals surface area contributed by atoms with Crippen molar-refractivity contribution in [1.82, 2.24) is 10.3 Å². The number of anilines is 1. The third kappa shape index (κ3) is 3.25. The van der Waals surface area contributed by atoms with Crippen LogP contribution in [0.1, 0.15) is 6.42 Å². The molecular weight excluding hydrogens is 318 g/mol. The molecule has 134 valence electrons. The van der Waals surface area contributed by atoms with Gasteiger partial charge in [0.15, 0.2) is 0 Å². The maximum absolute atomic E-state index is 10.4. The van der Waals surface area contributed by atoms with Crippen LogP contribution in [0.5, 0.6) is 5.75 Å². The molecule has 0 radical (unpaired) electrons. The van der Waals surface area contributed by atoms with E-state index in [1.54, 1.807) is 18.2 Å². The number of aromatic hydroxyl groups is 1. The van der Waals surface area contributed by atoms with Crippen LogP contribution in [0.2, 0.25) is 0 Å². The Bertz CT molecular complexity index is 682. The van der Waals surface area contributed by atoms with Crippen LogP contribution in [0.25, 0.3) is 0 Å². The molecule has 2 fully saturated rings. The fourth-order valence-corrected chi connectivity index (χ4v) is 3.95. The molecule has 1 aromatic carbocycles. The number of aliphatic hydroxyl groups is 1. The lowest BCUT2D eigenvalue weighted by molar-refractivity contribution is 0.0355. The number of hydrazine groups is 1. The predicted molar refractivity (Wildman–Crippen MR) is 96.2 cm³/mol. The smallest absolute Gasteiger partial charge is 0.140 e. The van der Waals surface area contributed by atoms with Crippen LogP contribution in [0.3, 0.4) is 0 Å². The predicted octanol–water partition coefficient (Wildman–Crippen LogP) is 2.01. The molecule has 2 saturated heterocycles. The number of hydrogen-bond acceptors (Lipinski definition) is 6. The normalized spacial score (nSPS) is 27.0. The minimum atomic E-state index is 0.204. The summed E-state index contributed by atoms with van der Waals surface area (Å²) in [6.45, 7) is 5.43. The zero-order valence-electron chi connectivity index (χ0n) is 14.3. The molecule has 3 N–H and O–H groups in total. The number of rotatable bonds is 4. The molecule has 2 aliphatic heterocycles. The fourth-order valence-electron chi connectivity index (χ4n) is 3.95. The molecule has 1 aromatic rings. The number of hydrogen-bond donors (Lipinski definition) is 3. The zero-order valence-corrected chi connectivity index (χ0v) is 14.3. The van der Waals surface area contributed by atoms with E-state index in [1.807, 2.05) is 17.1 Å². The average molecular weight is 343 g/mol. The van der Waals surface area contributed by atoms with E-state index in [-0.39, 0.29) is 17.4 Å². The highest BCUT2D eigenvalue weighted by molar-refractivity contribution is 5.63. The number of phenols is 1. The van der Waals surface area contributed by atoms with E-state index in [0.29, 0.717) is 11.6 Å². The van der Waals surface area contributed by atoms with E-state index < -0.39 is 0 Å². The van der Waals surface area contributed by atoms with Gasteiger partial charge in [0.25, 0.3) is 0 Å². The van der Waals surface area contributed by atoms with Gasteiger partial charge in [-0.15, -0.1) is 0 Å². The third-order valence-corrected chi connectivity index (χ3v) is 5.35. The lowest BCUT2D eigenvalue weighted by Crippen LogP contribution is -2.38. The van der Waals surface area contributed by atoms with Crippen molar-refractivity contribution in [2.24, 2.45) is 11.8 Å². The van der Waals surface area contributed by atoms with Crippen LogP contribution in [0.15, 0.2) is 47.9 Å². The topological polar surface area (TPSA) is 68.2 Å². The van der Waals surface area contributed by atoms with Gasteiger partial charge in [-0.05, 0) is 37.1 Å². The highest BCUT2D eigenvalue weighted by Gasteiger charge is 2.38. The highest BCUT2D eigenvalue weighted by atomic mass is 16.5. The van der Waals surface area contributed by atoms with E-state index in [2.05, 4.69) is 16.4 Å². The first-order valence-electron chi connectivity index (χ1n) is 8.97. The first kappa shape index (κ1) is 16.4. The molecule has 6 nitrogen and oxygen atoms in total. The lowest BCUT2D eigenvalue weighted by Gasteiger charge is -2.31. The van der Waals surface area contributed by atoms with Crippen molar-refractivity contribution in [3.05, 3.63) is 47.9 Å². The van der Waals surface area contributed by atoms with Crippen LogP contribution in [-0.4, -0.2) is 54.5 Å². The van der Waals surface area contributed by atoms with Gasteiger partial charge in [0.1, 0.15) is 11.5 Å². The largest absolute Gasteiger partial charge is 0.506 e. The second-order valence-corrected chi connectivity index (χ2v) is 6.83. The van der Waals surface area contributed by atoms with E-state index in [0.717, 1.165) is 51.5 Å². The summed E-state index contributed by atoms with van der Waals surface area (Å²) in [4.78, 5) is 2.44. The minimum absolute atomic E-state index is 0.204. The zero-order chi connectivity index (χ0) is 17.2. The van der Waals surface area contributed by atoms with Crippen molar-refractivity contribution in [1.29, 1.82) is 0 Å². The average Bonchev–Trinajstić information content (AvgIpc) is 3.08. The Kier molecular flexibility index (Phi) is 4.65. The van der Waals surface area contributed by atoms with Crippen molar-refractivity contribution in [3.8, 4) is 5.75 Å². The molecular formula is C19H25N3O3. The Labute approximate surface area is 148 Å². The summed E-state index contributed by atoms with van der Waals surface area (Å²) in [5.74, 6) is 1.07. The van der Waals surface area contributed by atoms with Crippen molar-refractivity contribution >= 4 is 5.69 Å². The summed E-state index contributed by atoms with van der Waals surface area (Å²) in [6.07, 6.45) is 4.98. The Morgan fingerprint density at radius 3 is 2.76 bits per heavy atom. The van der Waals surface area contributed by atoms with Crippen molar-refractivity contribution in [3.63, 3.8) is 0 Å². The maximum Gasteiger partial charge on any atom is 0.140 e. The number of fused-ring (bicyclic) bond motifs is 1. The molecule has 6 heteroatoms. The Morgan fingerprint density at radius 1 is 1.16 bits per heavy atom. The van der Waals surface area contributed by atoms with Crippen LogP contribution in [0.4, 0.5) is 5.69 Å². The van der Waals surface area contributed by atoms with Gasteiger partial charge in [-0.25, -0.2) is 5.43 Å². The number of morpholine rings is 1. The summed E-state index contributed by atoms with van der Waals surface area (Å²) in [7, 11) is 0. The summed E-state index contributed by atoms with van der Waals surface area (Å²) < 4.78 is 5.41. The molecule has 0 amide bonds. The number of nitrogens with zero attached hydrogens (tertiary/aromatic N) is 2. The second-order valence-electron chi connectivity index (χ2n) is 6.83. The molecule has 25 heavy (non-hydrogen) atoms. The maximum atomic E-state index is 10.4. The number of allylic oxidation sites excluding steroid dienone is 2.